The van der Waals surface area contributed by atoms with Crippen molar-refractivity contribution in [2.75, 3.05) is 40.3 Å². The molecule has 1 atom stereocenters. The van der Waals surface area contributed by atoms with Crippen LogP contribution >= 0.6 is 0 Å². The van der Waals surface area contributed by atoms with Crippen molar-refractivity contribution in [1.29, 1.82) is 0 Å². The molecule has 2 aliphatic rings. The molecule has 2 fully saturated rings. The number of ether oxygens (including phenoxy) is 1. The molecule has 0 bridgehead atoms. The van der Waals surface area contributed by atoms with Gasteiger partial charge in [0.15, 0.2) is 0 Å². The summed E-state index contributed by atoms with van der Waals surface area (Å²) in [6.07, 6.45) is 4.31. The third kappa shape index (κ3) is 4.36. The number of amides is 2. The maximum Gasteiger partial charge on any atom is 0.242 e. The van der Waals surface area contributed by atoms with E-state index in [4.69, 9.17) is 4.74 Å². The van der Waals surface area contributed by atoms with Gasteiger partial charge in [0.25, 0.3) is 0 Å². The van der Waals surface area contributed by atoms with E-state index >= 15 is 0 Å². The monoisotopic (exact) mass is 359 g/mol. The van der Waals surface area contributed by atoms with Crippen molar-refractivity contribution in [3.63, 3.8) is 0 Å². The summed E-state index contributed by atoms with van der Waals surface area (Å²) in [5, 5.41) is 0. The Morgan fingerprint density at radius 2 is 2.04 bits per heavy atom. The van der Waals surface area contributed by atoms with E-state index in [1.54, 1.807) is 12.0 Å². The molecule has 6 nitrogen and oxygen atoms in total. The molecule has 1 aromatic rings. The Hall–Kier alpha value is -2.08. The fourth-order valence-corrected chi connectivity index (χ4v) is 3.83. The van der Waals surface area contributed by atoms with Crippen LogP contribution in [0.3, 0.4) is 0 Å². The van der Waals surface area contributed by atoms with E-state index in [-0.39, 0.29) is 24.4 Å². The smallest absolute Gasteiger partial charge is 0.242 e. The highest BCUT2D eigenvalue weighted by Crippen LogP contribution is 2.19. The zero-order chi connectivity index (χ0) is 18.5. The normalized spacial score (nSPS) is 22.2. The Balaban J connectivity index is 1.59. The van der Waals surface area contributed by atoms with Crippen molar-refractivity contribution in [3.05, 3.63) is 29.8 Å². The van der Waals surface area contributed by atoms with Crippen LogP contribution in [0.25, 0.3) is 0 Å². The summed E-state index contributed by atoms with van der Waals surface area (Å²) in [4.78, 5) is 31.2. The number of nitrogens with zero attached hydrogens (tertiary/aromatic N) is 3. The van der Waals surface area contributed by atoms with Gasteiger partial charge in [0.2, 0.25) is 11.8 Å². The average molecular weight is 359 g/mol. The van der Waals surface area contributed by atoms with Crippen LogP contribution in [-0.4, -0.2) is 72.9 Å². The molecule has 2 saturated heterocycles. The van der Waals surface area contributed by atoms with E-state index in [0.717, 1.165) is 37.1 Å². The summed E-state index contributed by atoms with van der Waals surface area (Å²) < 4.78 is 5.25. The molecule has 0 aromatic heterocycles. The number of hydrogen-bond acceptors (Lipinski definition) is 4. The summed E-state index contributed by atoms with van der Waals surface area (Å²) >= 11 is 0. The van der Waals surface area contributed by atoms with Crippen LogP contribution in [0, 0.1) is 0 Å². The van der Waals surface area contributed by atoms with Crippen molar-refractivity contribution in [2.24, 2.45) is 0 Å². The first-order valence-electron chi connectivity index (χ1n) is 9.48. The number of carbonyl (C=O) groups excluding carboxylic acids is 2. The van der Waals surface area contributed by atoms with E-state index in [1.165, 1.54) is 6.42 Å². The van der Waals surface area contributed by atoms with Gasteiger partial charge in [-0.15, -0.1) is 0 Å². The number of benzene rings is 1. The van der Waals surface area contributed by atoms with E-state index in [0.29, 0.717) is 19.6 Å². The average Bonchev–Trinajstić information content (AvgIpc) is 2.87. The molecule has 2 amide bonds. The first kappa shape index (κ1) is 18.7. The standard InChI is InChI=1S/C20H29N3O3/c1-21-10-5-3-4-9-18(21)20(25)23-12-11-22(19(24)15-23)14-16-7-6-8-17(13-16)26-2/h6-8,13,18H,3-5,9-12,14-15H2,1-2H3/t18-/m0/s1. The second kappa shape index (κ2) is 8.54. The molecule has 0 unspecified atom stereocenters. The lowest BCUT2D eigenvalue weighted by molar-refractivity contribution is -0.148. The molecule has 0 N–H and O–H groups in total. The molecule has 0 spiro atoms. The lowest BCUT2D eigenvalue weighted by atomic mass is 10.1. The predicted octanol–water partition coefficient (Wildman–Crippen LogP) is 1.74. The zero-order valence-electron chi connectivity index (χ0n) is 15.8. The number of likely N-dealkylation sites (tertiary alicyclic amines) is 1. The Kier molecular flexibility index (Phi) is 6.14. The first-order valence-corrected chi connectivity index (χ1v) is 9.48. The predicted molar refractivity (Wildman–Crippen MR) is 99.9 cm³/mol. The van der Waals surface area contributed by atoms with Crippen LogP contribution in [-0.2, 0) is 16.1 Å². The van der Waals surface area contributed by atoms with Gasteiger partial charge >= 0.3 is 0 Å². The third-order valence-electron chi connectivity index (χ3n) is 5.44. The molecule has 2 aliphatic heterocycles. The van der Waals surface area contributed by atoms with Gasteiger partial charge in [0.1, 0.15) is 5.75 Å². The van der Waals surface area contributed by atoms with Gasteiger partial charge in [-0.05, 0) is 44.1 Å². The van der Waals surface area contributed by atoms with E-state index in [1.807, 2.05) is 36.2 Å². The highest BCUT2D eigenvalue weighted by molar-refractivity contribution is 5.88. The fraction of sp³-hybridized carbons (Fsp3) is 0.600. The molecular formula is C20H29N3O3. The van der Waals surface area contributed by atoms with Gasteiger partial charge < -0.3 is 14.5 Å². The van der Waals surface area contributed by atoms with Crippen LogP contribution in [0.4, 0.5) is 0 Å². The topological polar surface area (TPSA) is 53.1 Å². The fourth-order valence-electron chi connectivity index (χ4n) is 3.83. The Labute approximate surface area is 155 Å². The van der Waals surface area contributed by atoms with Crippen molar-refractivity contribution in [1.82, 2.24) is 14.7 Å². The first-order chi connectivity index (χ1) is 12.6. The van der Waals surface area contributed by atoms with Gasteiger partial charge in [-0.3, -0.25) is 14.5 Å². The molecular weight excluding hydrogens is 330 g/mol. The van der Waals surface area contributed by atoms with Crippen LogP contribution in [0.2, 0.25) is 0 Å². The Bertz CT molecular complexity index is 649. The molecule has 6 heteroatoms. The summed E-state index contributed by atoms with van der Waals surface area (Å²) in [5.74, 6) is 0.924. The number of likely N-dealkylation sites (N-methyl/N-ethyl adjacent to an activating group) is 1. The van der Waals surface area contributed by atoms with Crippen molar-refractivity contribution in [3.8, 4) is 5.75 Å². The molecule has 3 rings (SSSR count). The summed E-state index contributed by atoms with van der Waals surface area (Å²) in [6.45, 7) is 2.89. The summed E-state index contributed by atoms with van der Waals surface area (Å²) in [6, 6.07) is 7.69. The SMILES string of the molecule is COc1cccc(CN2CCN(C(=O)[C@@H]3CCCCCN3C)CC2=O)c1. The lowest BCUT2D eigenvalue weighted by Gasteiger charge is -2.37. The zero-order valence-corrected chi connectivity index (χ0v) is 15.8. The van der Waals surface area contributed by atoms with E-state index in [2.05, 4.69) is 4.90 Å². The number of hydrogen-bond donors (Lipinski definition) is 0. The summed E-state index contributed by atoms with van der Waals surface area (Å²) in [7, 11) is 3.66. The highest BCUT2D eigenvalue weighted by atomic mass is 16.5. The molecule has 2 heterocycles. The molecule has 0 aliphatic carbocycles. The quantitative estimate of drug-likeness (QED) is 0.822. The van der Waals surface area contributed by atoms with Crippen LogP contribution in [0.15, 0.2) is 24.3 Å². The molecule has 1 aromatic carbocycles. The number of rotatable bonds is 4. The summed E-state index contributed by atoms with van der Waals surface area (Å²) in [5.41, 5.74) is 1.04. The van der Waals surface area contributed by atoms with Gasteiger partial charge in [-0.1, -0.05) is 25.0 Å². The maximum atomic E-state index is 12.9. The largest absolute Gasteiger partial charge is 0.497 e. The Morgan fingerprint density at radius 3 is 2.81 bits per heavy atom. The lowest BCUT2D eigenvalue weighted by Crippen LogP contribution is -2.56. The molecule has 0 saturated carbocycles. The van der Waals surface area contributed by atoms with Crippen molar-refractivity contribution < 1.29 is 14.3 Å². The molecule has 26 heavy (non-hydrogen) atoms. The minimum Gasteiger partial charge on any atom is -0.497 e. The van der Waals surface area contributed by atoms with Crippen molar-refractivity contribution >= 4 is 11.8 Å². The second-order valence-electron chi connectivity index (χ2n) is 7.27. The number of methoxy groups -OCH3 is 1. The van der Waals surface area contributed by atoms with E-state index in [9.17, 15) is 9.59 Å². The van der Waals surface area contributed by atoms with Crippen LogP contribution in [0.5, 0.6) is 5.75 Å². The number of carbonyl (C=O) groups is 2. The molecule has 142 valence electrons. The second-order valence-corrected chi connectivity index (χ2v) is 7.27. The minimum atomic E-state index is -0.0739. The van der Waals surface area contributed by atoms with Crippen LogP contribution < -0.4 is 4.74 Å². The third-order valence-corrected chi connectivity index (χ3v) is 5.44. The Morgan fingerprint density at radius 1 is 1.19 bits per heavy atom. The minimum absolute atomic E-state index is 0.0173. The van der Waals surface area contributed by atoms with E-state index < -0.39 is 0 Å². The van der Waals surface area contributed by atoms with Gasteiger partial charge in [0, 0.05) is 19.6 Å². The maximum absolute atomic E-state index is 12.9. The van der Waals surface area contributed by atoms with Gasteiger partial charge in [0.05, 0.1) is 19.7 Å². The number of piperazine rings is 1. The van der Waals surface area contributed by atoms with Crippen LogP contribution in [0.1, 0.15) is 31.2 Å². The molecule has 0 radical (unpaired) electrons. The van der Waals surface area contributed by atoms with Gasteiger partial charge in [-0.25, -0.2) is 0 Å². The van der Waals surface area contributed by atoms with Crippen molar-refractivity contribution in [2.45, 2.75) is 38.3 Å². The highest BCUT2D eigenvalue weighted by Gasteiger charge is 2.33. The van der Waals surface area contributed by atoms with Gasteiger partial charge in [-0.2, -0.15) is 0 Å².